The molecule has 0 spiro atoms. The number of hydrogen-bond donors (Lipinski definition) is 3. The molecule has 0 atom stereocenters. The summed E-state index contributed by atoms with van der Waals surface area (Å²) in [5, 5.41) is 2.49. The highest BCUT2D eigenvalue weighted by Crippen LogP contribution is 2.11. The molecule has 0 aliphatic heterocycles. The SMILES string of the molecule is Cc1nccn1-c1cc(NC(=O)c2cc(=O)[nH]c(=O)[nH]2)ncn1. The van der Waals surface area contributed by atoms with Crippen LogP contribution in [0.4, 0.5) is 5.82 Å². The number of anilines is 1. The second-order valence-electron chi connectivity index (χ2n) is 4.56. The molecule has 3 aromatic rings. The van der Waals surface area contributed by atoms with E-state index < -0.39 is 17.2 Å². The zero-order valence-electron chi connectivity index (χ0n) is 11.9. The van der Waals surface area contributed by atoms with Gasteiger partial charge >= 0.3 is 5.69 Å². The van der Waals surface area contributed by atoms with Gasteiger partial charge < -0.3 is 10.3 Å². The molecule has 23 heavy (non-hydrogen) atoms. The molecule has 0 fully saturated rings. The Bertz CT molecular complexity index is 957. The van der Waals surface area contributed by atoms with E-state index in [4.69, 9.17) is 0 Å². The number of nitrogens with zero attached hydrogens (tertiary/aromatic N) is 4. The van der Waals surface area contributed by atoms with Crippen LogP contribution in [0.25, 0.3) is 5.82 Å². The average Bonchev–Trinajstić information content (AvgIpc) is 2.92. The molecule has 3 N–H and O–H groups in total. The molecule has 0 aliphatic carbocycles. The minimum atomic E-state index is -0.764. The number of H-pyrrole nitrogens is 2. The van der Waals surface area contributed by atoms with Gasteiger partial charge in [0.15, 0.2) is 0 Å². The number of nitrogens with one attached hydrogen (secondary N) is 3. The quantitative estimate of drug-likeness (QED) is 0.601. The molecule has 0 saturated heterocycles. The summed E-state index contributed by atoms with van der Waals surface area (Å²) in [5.74, 6) is 0.791. The van der Waals surface area contributed by atoms with Crippen LogP contribution < -0.4 is 16.6 Å². The average molecular weight is 313 g/mol. The zero-order valence-corrected chi connectivity index (χ0v) is 11.9. The molecule has 1 amide bonds. The second-order valence-corrected chi connectivity index (χ2v) is 4.56. The van der Waals surface area contributed by atoms with Crippen LogP contribution in [0.3, 0.4) is 0 Å². The van der Waals surface area contributed by atoms with Gasteiger partial charge in [-0.1, -0.05) is 0 Å². The fourth-order valence-electron chi connectivity index (χ4n) is 1.94. The molecule has 3 heterocycles. The highest BCUT2D eigenvalue weighted by atomic mass is 16.2. The van der Waals surface area contributed by atoms with Crippen LogP contribution in [0, 0.1) is 6.92 Å². The van der Waals surface area contributed by atoms with Gasteiger partial charge in [-0.2, -0.15) is 0 Å². The molecule has 0 unspecified atom stereocenters. The van der Waals surface area contributed by atoms with Gasteiger partial charge in [0, 0.05) is 24.5 Å². The van der Waals surface area contributed by atoms with Crippen LogP contribution >= 0.6 is 0 Å². The van der Waals surface area contributed by atoms with Gasteiger partial charge in [-0.25, -0.2) is 19.7 Å². The topological polar surface area (TPSA) is 138 Å². The molecule has 3 rings (SSSR count). The van der Waals surface area contributed by atoms with Gasteiger partial charge in [0.05, 0.1) is 0 Å². The molecule has 0 aromatic carbocycles. The maximum Gasteiger partial charge on any atom is 0.326 e. The Morgan fingerprint density at radius 3 is 2.70 bits per heavy atom. The predicted molar refractivity (Wildman–Crippen MR) is 79.5 cm³/mol. The van der Waals surface area contributed by atoms with E-state index in [2.05, 4.69) is 25.3 Å². The molecule has 0 bridgehead atoms. The van der Waals surface area contributed by atoms with Crippen molar-refractivity contribution in [3.8, 4) is 5.82 Å². The van der Waals surface area contributed by atoms with Crippen LogP contribution in [0.2, 0.25) is 0 Å². The molecule has 10 heteroatoms. The van der Waals surface area contributed by atoms with E-state index in [1.807, 2.05) is 4.98 Å². The molecule has 0 radical (unpaired) electrons. The Balaban J connectivity index is 1.88. The number of carbonyl (C=O) groups is 1. The van der Waals surface area contributed by atoms with Gasteiger partial charge in [-0.3, -0.25) is 19.1 Å². The summed E-state index contributed by atoms with van der Waals surface area (Å²) in [4.78, 5) is 50.8. The fourth-order valence-corrected chi connectivity index (χ4v) is 1.94. The number of hydrogen-bond acceptors (Lipinski definition) is 6. The number of imidazole rings is 1. The van der Waals surface area contributed by atoms with E-state index in [1.54, 1.807) is 23.9 Å². The smallest absolute Gasteiger partial charge is 0.305 e. The lowest BCUT2D eigenvalue weighted by Gasteiger charge is -2.07. The first-order chi connectivity index (χ1) is 11.0. The van der Waals surface area contributed by atoms with E-state index in [-0.39, 0.29) is 11.5 Å². The van der Waals surface area contributed by atoms with Crippen molar-refractivity contribution in [3.05, 3.63) is 63.2 Å². The third kappa shape index (κ3) is 3.05. The summed E-state index contributed by atoms with van der Waals surface area (Å²) < 4.78 is 1.71. The van der Waals surface area contributed by atoms with Crippen molar-refractivity contribution >= 4 is 11.7 Å². The van der Waals surface area contributed by atoms with Crippen LogP contribution in [0.5, 0.6) is 0 Å². The Morgan fingerprint density at radius 1 is 1.17 bits per heavy atom. The minimum Gasteiger partial charge on any atom is -0.305 e. The summed E-state index contributed by atoms with van der Waals surface area (Å²) in [5.41, 5.74) is -1.60. The lowest BCUT2D eigenvalue weighted by molar-refractivity contribution is 0.102. The van der Waals surface area contributed by atoms with Gasteiger partial charge in [-0.15, -0.1) is 0 Å². The van der Waals surface area contributed by atoms with Gasteiger partial charge in [0.1, 0.15) is 29.5 Å². The monoisotopic (exact) mass is 313 g/mol. The van der Waals surface area contributed by atoms with Crippen molar-refractivity contribution in [3.63, 3.8) is 0 Å². The van der Waals surface area contributed by atoms with Crippen LogP contribution in [-0.4, -0.2) is 35.4 Å². The fraction of sp³-hybridized carbons (Fsp3) is 0.0769. The lowest BCUT2D eigenvalue weighted by atomic mass is 10.3. The van der Waals surface area contributed by atoms with E-state index in [1.165, 1.54) is 12.4 Å². The summed E-state index contributed by atoms with van der Waals surface area (Å²) in [6.07, 6.45) is 4.62. The van der Waals surface area contributed by atoms with Crippen LogP contribution in [0.1, 0.15) is 16.3 Å². The predicted octanol–water partition coefficient (Wildman–Crippen LogP) is -0.400. The molecule has 0 aliphatic rings. The van der Waals surface area contributed by atoms with E-state index in [0.717, 1.165) is 11.9 Å². The summed E-state index contributed by atoms with van der Waals surface area (Å²) in [6.45, 7) is 1.81. The van der Waals surface area contributed by atoms with Crippen molar-refractivity contribution in [2.75, 3.05) is 5.32 Å². The molecular weight excluding hydrogens is 302 g/mol. The molecule has 3 aromatic heterocycles. The third-order valence-electron chi connectivity index (χ3n) is 2.97. The summed E-state index contributed by atoms with van der Waals surface area (Å²) in [7, 11) is 0. The standard InChI is InChI=1S/C13H11N7O3/c1-7-14-2-3-20(7)10-5-9(15-6-16-10)18-12(22)8-4-11(21)19-13(23)17-8/h2-6H,1H3,(H,15,16,18,22)(H2,17,19,21,23). The first-order valence-corrected chi connectivity index (χ1v) is 6.50. The number of aryl methyl sites for hydroxylation is 1. The van der Waals surface area contributed by atoms with Crippen molar-refractivity contribution < 1.29 is 4.79 Å². The third-order valence-corrected chi connectivity index (χ3v) is 2.97. The van der Waals surface area contributed by atoms with Gasteiger partial charge in [0.25, 0.3) is 11.5 Å². The number of rotatable bonds is 3. The number of amides is 1. The van der Waals surface area contributed by atoms with Crippen molar-refractivity contribution in [2.24, 2.45) is 0 Å². The maximum absolute atomic E-state index is 12.1. The first kappa shape index (κ1) is 14.4. The Hall–Kier alpha value is -3.56. The first-order valence-electron chi connectivity index (χ1n) is 6.50. The highest BCUT2D eigenvalue weighted by molar-refractivity contribution is 6.02. The van der Waals surface area contributed by atoms with Gasteiger partial charge in [-0.05, 0) is 6.92 Å². The number of carbonyl (C=O) groups excluding carboxylic acids is 1. The zero-order chi connectivity index (χ0) is 16.4. The van der Waals surface area contributed by atoms with Crippen LogP contribution in [-0.2, 0) is 0 Å². The Labute approximate surface area is 128 Å². The molecule has 116 valence electrons. The Morgan fingerprint density at radius 2 is 2.00 bits per heavy atom. The van der Waals surface area contributed by atoms with Crippen molar-refractivity contribution in [2.45, 2.75) is 6.92 Å². The number of aromatic amines is 2. The molecular formula is C13H11N7O3. The van der Waals surface area contributed by atoms with Crippen molar-refractivity contribution in [1.82, 2.24) is 29.5 Å². The van der Waals surface area contributed by atoms with Crippen LogP contribution in [0.15, 0.2) is 40.4 Å². The number of aromatic nitrogens is 6. The van der Waals surface area contributed by atoms with E-state index in [9.17, 15) is 14.4 Å². The Kier molecular flexibility index (Phi) is 3.55. The molecule has 0 saturated carbocycles. The van der Waals surface area contributed by atoms with Gasteiger partial charge in [0.2, 0.25) is 0 Å². The minimum absolute atomic E-state index is 0.169. The summed E-state index contributed by atoms with van der Waals surface area (Å²) >= 11 is 0. The second kappa shape index (κ2) is 5.67. The van der Waals surface area contributed by atoms with E-state index in [0.29, 0.717) is 5.82 Å². The van der Waals surface area contributed by atoms with E-state index >= 15 is 0 Å². The highest BCUT2D eigenvalue weighted by Gasteiger charge is 2.11. The summed E-state index contributed by atoms with van der Waals surface area (Å²) in [6, 6.07) is 2.52. The van der Waals surface area contributed by atoms with Crippen molar-refractivity contribution in [1.29, 1.82) is 0 Å². The normalized spacial score (nSPS) is 10.5. The lowest BCUT2D eigenvalue weighted by Crippen LogP contribution is -2.27. The molecule has 10 nitrogen and oxygen atoms in total. The largest absolute Gasteiger partial charge is 0.326 e. The maximum atomic E-state index is 12.1.